The van der Waals surface area contributed by atoms with Crippen molar-refractivity contribution < 1.29 is 18.7 Å². The molecular weight excluding hydrogens is 717 g/mol. The third-order valence-electron chi connectivity index (χ3n) is 8.40. The van der Waals surface area contributed by atoms with Crippen LogP contribution in [0.3, 0.4) is 0 Å². The smallest absolute Gasteiger partial charge is 0.269 e. The summed E-state index contributed by atoms with van der Waals surface area (Å²) in [6.45, 7) is 6.90. The van der Waals surface area contributed by atoms with Crippen LogP contribution in [0.25, 0.3) is 16.7 Å². The lowest BCUT2D eigenvalue weighted by atomic mass is 10.2. The molecule has 11 nitrogen and oxygen atoms in total. The van der Waals surface area contributed by atoms with Gasteiger partial charge in [-0.05, 0) is 39.7 Å². The molecule has 1 amide bonds. The number of benzene rings is 3. The van der Waals surface area contributed by atoms with Crippen molar-refractivity contribution in [2.75, 3.05) is 25.1 Å². The maximum Gasteiger partial charge on any atom is 0.269 e. The molecule has 0 saturated heterocycles. The van der Waals surface area contributed by atoms with E-state index in [0.717, 1.165) is 10.4 Å². The van der Waals surface area contributed by atoms with Gasteiger partial charge in [-0.25, -0.2) is 19.6 Å². The van der Waals surface area contributed by atoms with Crippen molar-refractivity contribution in [1.29, 1.82) is 5.26 Å². The number of nitriles is 1. The van der Waals surface area contributed by atoms with E-state index >= 15 is 0 Å². The molecular formula is C38H35Cl2N7O4Si. The second kappa shape index (κ2) is 16.0. The first-order valence-electron chi connectivity index (χ1n) is 16.4. The lowest BCUT2D eigenvalue weighted by Gasteiger charge is -2.43. The molecule has 0 saturated carbocycles. The highest BCUT2D eigenvalue weighted by Gasteiger charge is 2.50. The van der Waals surface area contributed by atoms with Gasteiger partial charge in [0.25, 0.3) is 14.2 Å². The Labute approximate surface area is 312 Å². The van der Waals surface area contributed by atoms with Gasteiger partial charge in [-0.1, -0.05) is 111 Å². The van der Waals surface area contributed by atoms with E-state index in [0.29, 0.717) is 32.3 Å². The van der Waals surface area contributed by atoms with Crippen molar-refractivity contribution in [3.63, 3.8) is 0 Å². The predicted molar refractivity (Wildman–Crippen MR) is 203 cm³/mol. The van der Waals surface area contributed by atoms with Crippen LogP contribution in [0.2, 0.25) is 15.1 Å². The van der Waals surface area contributed by atoms with Gasteiger partial charge in [0, 0.05) is 6.20 Å². The molecule has 3 aromatic heterocycles. The highest BCUT2D eigenvalue weighted by molar-refractivity contribution is 6.99. The maximum atomic E-state index is 13.7. The number of hydrogen-bond donors (Lipinski definition) is 1. The fourth-order valence-corrected chi connectivity index (χ4v) is 11.1. The molecule has 14 heteroatoms. The molecule has 264 valence electrons. The summed E-state index contributed by atoms with van der Waals surface area (Å²) < 4.78 is 20.8. The molecule has 0 radical (unpaired) electrons. The van der Waals surface area contributed by atoms with Gasteiger partial charge < -0.3 is 19.2 Å². The number of pyridine rings is 1. The van der Waals surface area contributed by atoms with Crippen molar-refractivity contribution >= 4 is 64.7 Å². The van der Waals surface area contributed by atoms with Crippen LogP contribution in [-0.2, 0) is 14.0 Å². The number of halogens is 2. The fourth-order valence-electron chi connectivity index (χ4n) is 6.02. The van der Waals surface area contributed by atoms with Crippen molar-refractivity contribution in [2.45, 2.75) is 31.9 Å². The van der Waals surface area contributed by atoms with Gasteiger partial charge in [-0.15, -0.1) is 0 Å². The largest absolute Gasteiger partial charge is 0.461 e. The fraction of sp³-hybridized carbons (Fsp3) is 0.211. The Morgan fingerprint density at radius 2 is 1.56 bits per heavy atom. The standard InChI is InChI=1S/C38H35Cl2N7O4Si/c1-38(2,3)52(27-11-6-4-7-12-27,28-13-8-5-9-14-28)50-20-19-49-24-32(36(48)46-33-18-17-26(21-41)22-42-33)51-37-29-23-45-47(35(29)43-25-44-37)34-30(39)15-10-16-31(34)40/h4-18,22-23,25,32H,19-20,24H2,1-3H3,(H,42,46,48)/t32-/m0/s1. The topological polar surface area (TPSA) is 137 Å². The molecule has 3 heterocycles. The molecule has 0 aliphatic carbocycles. The highest BCUT2D eigenvalue weighted by atomic mass is 35.5. The SMILES string of the molecule is CC(C)(C)[Si](OCCOC[C@H](Oc1ncnc2c1cnn2-c1c(Cl)cccc1Cl)C(=O)Nc1ccc(C#N)cn1)(c1ccccc1)c1ccccc1. The number of ether oxygens (including phenoxy) is 2. The zero-order valence-electron chi connectivity index (χ0n) is 28.7. The van der Waals surface area contributed by atoms with E-state index in [-0.39, 0.29) is 36.6 Å². The lowest BCUT2D eigenvalue weighted by molar-refractivity contribution is -0.125. The first kappa shape index (κ1) is 36.6. The van der Waals surface area contributed by atoms with Crippen molar-refractivity contribution in [3.8, 4) is 17.6 Å². The highest BCUT2D eigenvalue weighted by Crippen LogP contribution is 2.37. The average Bonchev–Trinajstić information content (AvgIpc) is 3.57. The number of anilines is 1. The number of nitrogens with zero attached hydrogens (tertiary/aromatic N) is 6. The lowest BCUT2D eigenvalue weighted by Crippen LogP contribution is -2.66. The number of hydrogen-bond acceptors (Lipinski definition) is 9. The normalized spacial score (nSPS) is 12.3. The van der Waals surface area contributed by atoms with E-state index in [2.05, 4.69) is 70.4 Å². The number of aromatic nitrogens is 5. The summed E-state index contributed by atoms with van der Waals surface area (Å²) in [6, 6.07) is 30.9. The minimum absolute atomic E-state index is 0.0968. The molecule has 1 N–H and O–H groups in total. The van der Waals surface area contributed by atoms with Gasteiger partial charge >= 0.3 is 0 Å². The summed E-state index contributed by atoms with van der Waals surface area (Å²) in [7, 11) is -2.80. The Balaban J connectivity index is 1.24. The van der Waals surface area contributed by atoms with Gasteiger partial charge in [0.2, 0.25) is 12.0 Å². The number of amides is 1. The van der Waals surface area contributed by atoms with Crippen LogP contribution in [0.1, 0.15) is 26.3 Å². The number of rotatable bonds is 13. The first-order valence-corrected chi connectivity index (χ1v) is 19.1. The minimum Gasteiger partial charge on any atom is -0.461 e. The third-order valence-corrected chi connectivity index (χ3v) is 14.1. The quantitative estimate of drug-likeness (QED) is 0.105. The summed E-state index contributed by atoms with van der Waals surface area (Å²) in [5.74, 6) is -0.209. The second-order valence-electron chi connectivity index (χ2n) is 12.8. The van der Waals surface area contributed by atoms with Gasteiger partial charge in [0.15, 0.2) is 5.65 Å². The maximum absolute atomic E-state index is 13.7. The zero-order valence-corrected chi connectivity index (χ0v) is 31.2. The minimum atomic E-state index is -2.80. The summed E-state index contributed by atoms with van der Waals surface area (Å²) in [6.07, 6.45) is 3.00. The van der Waals surface area contributed by atoms with Crippen molar-refractivity contribution in [3.05, 3.63) is 125 Å². The molecule has 6 aromatic rings. The Kier molecular flexibility index (Phi) is 11.3. The Morgan fingerprint density at radius 1 is 0.885 bits per heavy atom. The van der Waals surface area contributed by atoms with E-state index in [1.165, 1.54) is 29.5 Å². The second-order valence-corrected chi connectivity index (χ2v) is 17.9. The number of carbonyl (C=O) groups is 1. The third kappa shape index (κ3) is 7.69. The Hall–Kier alpha value is -5.16. The van der Waals surface area contributed by atoms with Crippen LogP contribution in [0, 0.1) is 11.3 Å². The van der Waals surface area contributed by atoms with E-state index in [1.54, 1.807) is 24.3 Å². The molecule has 3 aromatic carbocycles. The predicted octanol–water partition coefficient (Wildman–Crippen LogP) is 6.37. The summed E-state index contributed by atoms with van der Waals surface area (Å²) in [5, 5.41) is 19.6. The number of nitrogens with one attached hydrogen (secondary N) is 1. The molecule has 0 spiro atoms. The summed E-state index contributed by atoms with van der Waals surface area (Å²) in [4.78, 5) is 26.6. The summed E-state index contributed by atoms with van der Waals surface area (Å²) in [5.41, 5.74) is 1.16. The molecule has 6 rings (SSSR count). The summed E-state index contributed by atoms with van der Waals surface area (Å²) >= 11 is 12.9. The van der Waals surface area contributed by atoms with E-state index in [9.17, 15) is 4.79 Å². The van der Waals surface area contributed by atoms with Crippen molar-refractivity contribution in [2.24, 2.45) is 0 Å². The monoisotopic (exact) mass is 751 g/mol. The van der Waals surface area contributed by atoms with E-state index in [1.807, 2.05) is 42.5 Å². The number of para-hydroxylation sites is 1. The van der Waals surface area contributed by atoms with Gasteiger partial charge in [-0.3, -0.25) is 4.79 Å². The molecule has 0 aliphatic rings. The van der Waals surface area contributed by atoms with E-state index < -0.39 is 20.3 Å². The van der Waals surface area contributed by atoms with Crippen molar-refractivity contribution in [1.82, 2.24) is 24.7 Å². The molecule has 0 aliphatic heterocycles. The van der Waals surface area contributed by atoms with E-state index in [4.69, 9.17) is 42.4 Å². The van der Waals surface area contributed by atoms with Gasteiger partial charge in [-0.2, -0.15) is 10.4 Å². The van der Waals surface area contributed by atoms with Gasteiger partial charge in [0.1, 0.15) is 29.3 Å². The molecule has 1 atom stereocenters. The van der Waals surface area contributed by atoms with Crippen LogP contribution in [0.4, 0.5) is 5.82 Å². The first-order chi connectivity index (χ1) is 25.1. The number of fused-ring (bicyclic) bond motifs is 1. The van der Waals surface area contributed by atoms with Crippen LogP contribution < -0.4 is 20.4 Å². The average molecular weight is 753 g/mol. The molecule has 0 bridgehead atoms. The zero-order chi connectivity index (χ0) is 36.7. The Morgan fingerprint density at radius 3 is 2.15 bits per heavy atom. The van der Waals surface area contributed by atoms with Crippen LogP contribution >= 0.6 is 23.2 Å². The molecule has 52 heavy (non-hydrogen) atoms. The Bertz CT molecular complexity index is 2130. The van der Waals surface area contributed by atoms with Gasteiger partial charge in [0.05, 0.1) is 41.6 Å². The van der Waals surface area contributed by atoms with Crippen LogP contribution in [0.15, 0.2) is 110 Å². The number of carbonyl (C=O) groups excluding carboxylic acids is 1. The van der Waals surface area contributed by atoms with Crippen LogP contribution in [0.5, 0.6) is 5.88 Å². The molecule has 0 unspecified atom stereocenters. The molecule has 0 fully saturated rings. The van der Waals surface area contributed by atoms with Crippen LogP contribution in [-0.4, -0.2) is 64.9 Å².